The molecule has 0 spiro atoms. The molecule has 166 valence electrons. The van der Waals surface area contributed by atoms with Gasteiger partial charge in [-0.1, -0.05) is 29.8 Å². The quantitative estimate of drug-likeness (QED) is 0.484. The van der Waals surface area contributed by atoms with Crippen molar-refractivity contribution in [2.75, 3.05) is 5.32 Å². The highest BCUT2D eigenvalue weighted by Crippen LogP contribution is 2.36. The normalized spacial score (nSPS) is 12.3. The Morgan fingerprint density at radius 3 is 2.48 bits per heavy atom. The van der Waals surface area contributed by atoms with Crippen molar-refractivity contribution in [3.8, 4) is 0 Å². The van der Waals surface area contributed by atoms with Crippen LogP contribution in [0.4, 0.5) is 31.3 Å². The van der Waals surface area contributed by atoms with Crippen LogP contribution in [-0.4, -0.2) is 20.7 Å². The zero-order chi connectivity index (χ0) is 23.1. The minimum Gasteiger partial charge on any atom is -0.312 e. The Hall–Kier alpha value is -2.60. The van der Waals surface area contributed by atoms with Gasteiger partial charge in [-0.15, -0.1) is 11.3 Å². The smallest absolute Gasteiger partial charge is 0.312 e. The van der Waals surface area contributed by atoms with Crippen molar-refractivity contribution in [1.82, 2.24) is 14.8 Å². The molecule has 31 heavy (non-hydrogen) atoms. The number of hydrogen-bond acceptors (Lipinski definition) is 4. The number of anilines is 1. The fourth-order valence-corrected chi connectivity index (χ4v) is 3.95. The predicted molar refractivity (Wildman–Crippen MR) is 102 cm³/mol. The molecule has 0 aliphatic carbocycles. The van der Waals surface area contributed by atoms with E-state index in [0.29, 0.717) is 16.3 Å². The number of alkyl halides is 6. The highest BCUT2D eigenvalue weighted by atomic mass is 35.5. The fraction of sp³-hybridized carbons (Fsp3) is 0.278. The first-order valence-electron chi connectivity index (χ1n) is 8.51. The van der Waals surface area contributed by atoms with Crippen LogP contribution in [0.2, 0.25) is 5.15 Å². The number of amides is 1. The van der Waals surface area contributed by atoms with Crippen molar-refractivity contribution in [1.29, 1.82) is 0 Å². The SMILES string of the molecule is Cc1nc(Cc2cccc(C(F)(F)F)c2)sc1NC(=O)c1c(C(F)(F)F)nn(C)c1Cl. The molecular formula is C18H13ClF6N4OS. The lowest BCUT2D eigenvalue weighted by atomic mass is 10.1. The highest BCUT2D eigenvalue weighted by molar-refractivity contribution is 7.16. The summed E-state index contributed by atoms with van der Waals surface area (Å²) >= 11 is 6.76. The third-order valence-electron chi connectivity index (χ3n) is 4.15. The lowest BCUT2D eigenvalue weighted by Crippen LogP contribution is -2.18. The topological polar surface area (TPSA) is 59.8 Å². The molecule has 2 aromatic heterocycles. The van der Waals surface area contributed by atoms with Gasteiger partial charge in [-0.3, -0.25) is 9.48 Å². The van der Waals surface area contributed by atoms with E-state index in [1.165, 1.54) is 26.1 Å². The van der Waals surface area contributed by atoms with Crippen LogP contribution in [0.1, 0.15) is 37.9 Å². The molecule has 0 fully saturated rings. The van der Waals surface area contributed by atoms with Gasteiger partial charge < -0.3 is 5.32 Å². The molecule has 0 saturated heterocycles. The summed E-state index contributed by atoms with van der Waals surface area (Å²) in [4.78, 5) is 16.7. The van der Waals surface area contributed by atoms with Gasteiger partial charge in [0.15, 0.2) is 5.69 Å². The Labute approximate surface area is 180 Å². The minimum atomic E-state index is -4.89. The van der Waals surface area contributed by atoms with E-state index in [-0.39, 0.29) is 11.4 Å². The van der Waals surface area contributed by atoms with E-state index in [0.717, 1.165) is 28.2 Å². The second-order valence-electron chi connectivity index (χ2n) is 6.49. The fourth-order valence-electron chi connectivity index (χ4n) is 2.74. The zero-order valence-corrected chi connectivity index (χ0v) is 17.4. The van der Waals surface area contributed by atoms with Crippen molar-refractivity contribution in [3.63, 3.8) is 0 Å². The molecule has 13 heteroatoms. The second kappa shape index (κ2) is 8.15. The molecular weight excluding hydrogens is 470 g/mol. The number of aryl methyl sites for hydroxylation is 2. The standard InChI is InChI=1S/C18H13ClF6N4OS/c1-8-16(27-15(30)12-13(18(23,24)25)28-29(2)14(12)19)31-11(26-8)7-9-4-3-5-10(6-9)17(20,21)22/h3-6H,7H2,1-2H3,(H,27,30). The summed E-state index contributed by atoms with van der Waals surface area (Å²) in [5.41, 5.74) is -2.42. The molecule has 0 bridgehead atoms. The van der Waals surface area contributed by atoms with Crippen LogP contribution >= 0.6 is 22.9 Å². The van der Waals surface area contributed by atoms with Crippen molar-refractivity contribution in [2.45, 2.75) is 25.7 Å². The minimum absolute atomic E-state index is 0.0484. The van der Waals surface area contributed by atoms with Gasteiger partial charge in [0, 0.05) is 13.5 Å². The Kier molecular flexibility index (Phi) is 6.07. The average Bonchev–Trinajstić information content (AvgIpc) is 3.14. The molecule has 2 heterocycles. The number of carbonyl (C=O) groups is 1. The van der Waals surface area contributed by atoms with Gasteiger partial charge in [0.1, 0.15) is 15.7 Å². The summed E-state index contributed by atoms with van der Waals surface area (Å²) in [7, 11) is 1.17. The number of halogens is 7. The van der Waals surface area contributed by atoms with Crippen LogP contribution in [-0.2, 0) is 25.8 Å². The van der Waals surface area contributed by atoms with E-state index < -0.39 is 40.2 Å². The summed E-state index contributed by atoms with van der Waals surface area (Å²) in [6.07, 6.45) is -9.34. The maximum absolute atomic E-state index is 13.2. The monoisotopic (exact) mass is 482 g/mol. The largest absolute Gasteiger partial charge is 0.436 e. The van der Waals surface area contributed by atoms with Crippen LogP contribution in [0.25, 0.3) is 0 Å². The summed E-state index contributed by atoms with van der Waals surface area (Å²) in [5.74, 6) is -1.12. The van der Waals surface area contributed by atoms with Gasteiger partial charge in [0.05, 0.1) is 16.3 Å². The Bertz CT molecular complexity index is 1140. The number of nitrogens with one attached hydrogen (secondary N) is 1. The van der Waals surface area contributed by atoms with Crippen molar-refractivity contribution in [2.24, 2.45) is 7.05 Å². The van der Waals surface area contributed by atoms with Crippen LogP contribution in [0.3, 0.4) is 0 Å². The third kappa shape index (κ3) is 5.01. The molecule has 3 aromatic rings. The first-order chi connectivity index (χ1) is 14.3. The summed E-state index contributed by atoms with van der Waals surface area (Å²) in [6, 6.07) is 4.69. The van der Waals surface area contributed by atoms with Crippen LogP contribution < -0.4 is 5.32 Å². The highest BCUT2D eigenvalue weighted by Gasteiger charge is 2.41. The van der Waals surface area contributed by atoms with Crippen LogP contribution in [0, 0.1) is 6.92 Å². The van der Waals surface area contributed by atoms with E-state index in [2.05, 4.69) is 15.4 Å². The van der Waals surface area contributed by atoms with Crippen molar-refractivity contribution in [3.05, 3.63) is 62.5 Å². The third-order valence-corrected chi connectivity index (χ3v) is 5.66. The number of nitrogens with zero attached hydrogens (tertiary/aromatic N) is 3. The molecule has 1 amide bonds. The van der Waals surface area contributed by atoms with Crippen molar-refractivity contribution < 1.29 is 31.1 Å². The number of aromatic nitrogens is 3. The molecule has 0 aliphatic heterocycles. The second-order valence-corrected chi connectivity index (χ2v) is 7.93. The Balaban J connectivity index is 1.84. The molecule has 1 N–H and O–H groups in total. The van der Waals surface area contributed by atoms with Crippen LogP contribution in [0.15, 0.2) is 24.3 Å². The molecule has 0 atom stereocenters. The van der Waals surface area contributed by atoms with E-state index in [9.17, 15) is 31.1 Å². The first-order valence-corrected chi connectivity index (χ1v) is 9.70. The van der Waals surface area contributed by atoms with E-state index >= 15 is 0 Å². The lowest BCUT2D eigenvalue weighted by Gasteiger charge is -2.07. The molecule has 3 rings (SSSR count). The maximum atomic E-state index is 13.2. The number of carbonyl (C=O) groups excluding carboxylic acids is 1. The van der Waals surface area contributed by atoms with Crippen molar-refractivity contribution >= 4 is 33.8 Å². The number of benzene rings is 1. The molecule has 0 saturated carbocycles. The van der Waals surface area contributed by atoms with Gasteiger partial charge in [-0.05, 0) is 18.6 Å². The van der Waals surface area contributed by atoms with Gasteiger partial charge in [0.25, 0.3) is 5.91 Å². The lowest BCUT2D eigenvalue weighted by molar-refractivity contribution is -0.141. The summed E-state index contributed by atoms with van der Waals surface area (Å²) in [5, 5.41) is 5.62. The molecule has 0 aliphatic rings. The average molecular weight is 483 g/mol. The molecule has 5 nitrogen and oxygen atoms in total. The first kappa shape index (κ1) is 23.1. The van der Waals surface area contributed by atoms with Crippen LogP contribution in [0.5, 0.6) is 0 Å². The molecule has 0 radical (unpaired) electrons. The Morgan fingerprint density at radius 1 is 1.19 bits per heavy atom. The summed E-state index contributed by atoms with van der Waals surface area (Å²) in [6.45, 7) is 1.51. The van der Waals surface area contributed by atoms with E-state index in [1.54, 1.807) is 0 Å². The predicted octanol–water partition coefficient (Wildman–Crippen LogP) is 5.72. The zero-order valence-electron chi connectivity index (χ0n) is 15.8. The Morgan fingerprint density at radius 2 is 1.87 bits per heavy atom. The summed E-state index contributed by atoms with van der Waals surface area (Å²) < 4.78 is 78.9. The number of hydrogen-bond donors (Lipinski definition) is 1. The van der Waals surface area contributed by atoms with Gasteiger partial charge >= 0.3 is 12.4 Å². The molecule has 1 aromatic carbocycles. The maximum Gasteiger partial charge on any atom is 0.436 e. The van der Waals surface area contributed by atoms with Gasteiger partial charge in [0.2, 0.25) is 0 Å². The molecule has 0 unspecified atom stereocenters. The van der Waals surface area contributed by atoms with Gasteiger partial charge in [-0.2, -0.15) is 31.4 Å². The van der Waals surface area contributed by atoms with Gasteiger partial charge in [-0.25, -0.2) is 4.98 Å². The van der Waals surface area contributed by atoms with E-state index in [1.807, 2.05) is 0 Å². The number of rotatable bonds is 4. The number of thiazole rings is 1. The van der Waals surface area contributed by atoms with E-state index in [4.69, 9.17) is 11.6 Å².